The van der Waals surface area contributed by atoms with Crippen molar-refractivity contribution in [3.63, 3.8) is 0 Å². The van der Waals surface area contributed by atoms with Crippen LogP contribution < -0.4 is 4.74 Å². The summed E-state index contributed by atoms with van der Waals surface area (Å²) >= 11 is 3.35. The number of piperidine rings is 1. The number of hydrogen-bond donors (Lipinski definition) is 0. The zero-order chi connectivity index (χ0) is 11.2. The molecule has 2 rings (SSSR count). The Kier molecular flexibility index (Phi) is 6.85. The van der Waals surface area contributed by atoms with E-state index in [0.717, 1.165) is 17.6 Å². The molecule has 0 N–H and O–H groups in total. The second kappa shape index (κ2) is 7.90. The highest BCUT2D eigenvalue weighted by Gasteiger charge is 2.09. The highest BCUT2D eigenvalue weighted by Crippen LogP contribution is 2.12. The van der Waals surface area contributed by atoms with E-state index < -0.39 is 0 Å². The molecule has 3 nitrogen and oxygen atoms in total. The first kappa shape index (κ1) is 14.7. The molecule has 0 saturated carbocycles. The topological polar surface area (TPSA) is 25.4 Å². The molecule has 5 heteroatoms. The minimum atomic E-state index is 0. The molecule has 1 aliphatic heterocycles. The normalized spacial score (nSPS) is 16.3. The summed E-state index contributed by atoms with van der Waals surface area (Å²) in [5, 5.41) is 0. The number of pyridine rings is 1. The van der Waals surface area contributed by atoms with Crippen LogP contribution in [-0.4, -0.2) is 36.1 Å². The van der Waals surface area contributed by atoms with Crippen LogP contribution >= 0.6 is 28.3 Å². The summed E-state index contributed by atoms with van der Waals surface area (Å²) in [5.41, 5.74) is 0. The SMILES string of the molecule is Brc1ccc(OCCN2CCCCC2)nc1.Cl. The number of halogens is 2. The van der Waals surface area contributed by atoms with E-state index in [1.807, 2.05) is 12.1 Å². The van der Waals surface area contributed by atoms with Crippen molar-refractivity contribution < 1.29 is 4.74 Å². The Labute approximate surface area is 117 Å². The second-order valence-corrected chi connectivity index (χ2v) is 4.98. The van der Waals surface area contributed by atoms with Gasteiger partial charge in [-0.2, -0.15) is 0 Å². The van der Waals surface area contributed by atoms with E-state index >= 15 is 0 Å². The van der Waals surface area contributed by atoms with Crippen molar-refractivity contribution in [2.24, 2.45) is 0 Å². The van der Waals surface area contributed by atoms with Crippen molar-refractivity contribution in [3.8, 4) is 5.88 Å². The molecular weight excluding hydrogens is 304 g/mol. The number of hydrogen-bond acceptors (Lipinski definition) is 3. The lowest BCUT2D eigenvalue weighted by Gasteiger charge is -2.25. The van der Waals surface area contributed by atoms with Gasteiger partial charge in [-0.3, -0.25) is 4.90 Å². The molecule has 0 amide bonds. The molecule has 1 aromatic heterocycles. The van der Waals surface area contributed by atoms with Gasteiger partial charge in [0, 0.05) is 23.3 Å². The minimum Gasteiger partial charge on any atom is -0.476 e. The fourth-order valence-corrected chi connectivity index (χ4v) is 2.14. The molecule has 0 aromatic carbocycles. The average Bonchev–Trinajstić information content (AvgIpc) is 2.33. The molecule has 2 heterocycles. The van der Waals surface area contributed by atoms with Crippen LogP contribution in [0.1, 0.15) is 19.3 Å². The molecule has 0 bridgehead atoms. The van der Waals surface area contributed by atoms with Crippen molar-refractivity contribution in [2.45, 2.75) is 19.3 Å². The number of aromatic nitrogens is 1. The van der Waals surface area contributed by atoms with Gasteiger partial charge in [-0.25, -0.2) is 4.98 Å². The van der Waals surface area contributed by atoms with Gasteiger partial charge in [-0.1, -0.05) is 6.42 Å². The number of likely N-dealkylation sites (tertiary alicyclic amines) is 1. The van der Waals surface area contributed by atoms with Crippen molar-refractivity contribution in [3.05, 3.63) is 22.8 Å². The molecule has 1 fully saturated rings. The van der Waals surface area contributed by atoms with Gasteiger partial charge >= 0.3 is 0 Å². The summed E-state index contributed by atoms with van der Waals surface area (Å²) in [5.74, 6) is 0.709. The Morgan fingerprint density at radius 3 is 2.65 bits per heavy atom. The standard InChI is InChI=1S/C12H17BrN2O.ClH/c13-11-4-5-12(14-10-11)16-9-8-15-6-2-1-3-7-15;/h4-5,10H,1-3,6-9H2;1H. The quantitative estimate of drug-likeness (QED) is 0.852. The fourth-order valence-electron chi connectivity index (χ4n) is 1.91. The van der Waals surface area contributed by atoms with E-state index in [4.69, 9.17) is 4.74 Å². The van der Waals surface area contributed by atoms with E-state index in [-0.39, 0.29) is 12.4 Å². The number of rotatable bonds is 4. The molecule has 1 aromatic rings. The predicted octanol–water partition coefficient (Wildman–Crippen LogP) is 3.13. The van der Waals surface area contributed by atoms with Crippen LogP contribution in [-0.2, 0) is 0 Å². The molecule has 1 aliphatic rings. The molecule has 17 heavy (non-hydrogen) atoms. The van der Waals surface area contributed by atoms with Crippen LogP contribution in [0.5, 0.6) is 5.88 Å². The molecule has 0 radical (unpaired) electrons. The Hall–Kier alpha value is -0.320. The summed E-state index contributed by atoms with van der Waals surface area (Å²) in [4.78, 5) is 6.63. The Bertz CT molecular complexity index is 315. The second-order valence-electron chi connectivity index (χ2n) is 4.07. The van der Waals surface area contributed by atoms with Crippen LogP contribution in [0.4, 0.5) is 0 Å². The van der Waals surface area contributed by atoms with Crippen LogP contribution in [0.2, 0.25) is 0 Å². The highest BCUT2D eigenvalue weighted by atomic mass is 79.9. The molecule has 0 spiro atoms. The Morgan fingerprint density at radius 1 is 1.24 bits per heavy atom. The average molecular weight is 322 g/mol. The molecule has 0 unspecified atom stereocenters. The molecular formula is C12H18BrClN2O. The maximum absolute atomic E-state index is 5.59. The van der Waals surface area contributed by atoms with Gasteiger partial charge in [0.25, 0.3) is 0 Å². The van der Waals surface area contributed by atoms with Crippen molar-refractivity contribution in [2.75, 3.05) is 26.2 Å². The Balaban J connectivity index is 0.00000144. The minimum absolute atomic E-state index is 0. The maximum Gasteiger partial charge on any atom is 0.213 e. The lowest BCUT2D eigenvalue weighted by molar-refractivity contribution is 0.180. The Morgan fingerprint density at radius 2 is 2.00 bits per heavy atom. The number of nitrogens with zero attached hydrogens (tertiary/aromatic N) is 2. The van der Waals surface area contributed by atoms with E-state index in [1.165, 1.54) is 32.4 Å². The summed E-state index contributed by atoms with van der Waals surface area (Å²) in [6.07, 6.45) is 5.80. The van der Waals surface area contributed by atoms with Crippen LogP contribution in [0.15, 0.2) is 22.8 Å². The molecule has 0 atom stereocenters. The van der Waals surface area contributed by atoms with Crippen molar-refractivity contribution >= 4 is 28.3 Å². The maximum atomic E-state index is 5.59. The largest absolute Gasteiger partial charge is 0.476 e. The van der Waals surface area contributed by atoms with Crippen LogP contribution in [0, 0.1) is 0 Å². The van der Waals surface area contributed by atoms with Gasteiger partial charge in [-0.05, 0) is 47.9 Å². The lowest BCUT2D eigenvalue weighted by atomic mass is 10.1. The number of ether oxygens (including phenoxy) is 1. The summed E-state index contributed by atoms with van der Waals surface area (Å²) in [6.45, 7) is 4.18. The lowest BCUT2D eigenvalue weighted by Crippen LogP contribution is -2.33. The first-order valence-corrected chi connectivity index (χ1v) is 6.60. The van der Waals surface area contributed by atoms with Gasteiger partial charge in [0.15, 0.2) is 0 Å². The van der Waals surface area contributed by atoms with Crippen molar-refractivity contribution in [1.29, 1.82) is 0 Å². The van der Waals surface area contributed by atoms with Gasteiger partial charge in [0.1, 0.15) is 6.61 Å². The summed E-state index contributed by atoms with van der Waals surface area (Å²) in [7, 11) is 0. The summed E-state index contributed by atoms with van der Waals surface area (Å²) in [6, 6.07) is 3.84. The summed E-state index contributed by atoms with van der Waals surface area (Å²) < 4.78 is 6.57. The molecule has 0 aliphatic carbocycles. The van der Waals surface area contributed by atoms with Gasteiger partial charge in [-0.15, -0.1) is 12.4 Å². The first-order chi connectivity index (χ1) is 7.84. The van der Waals surface area contributed by atoms with Crippen LogP contribution in [0.3, 0.4) is 0 Å². The van der Waals surface area contributed by atoms with E-state index in [2.05, 4.69) is 25.8 Å². The van der Waals surface area contributed by atoms with E-state index in [9.17, 15) is 0 Å². The highest BCUT2D eigenvalue weighted by molar-refractivity contribution is 9.10. The van der Waals surface area contributed by atoms with Gasteiger partial charge < -0.3 is 4.74 Å². The predicted molar refractivity (Wildman–Crippen MR) is 75.0 cm³/mol. The third kappa shape index (κ3) is 5.23. The zero-order valence-corrected chi connectivity index (χ0v) is 12.2. The van der Waals surface area contributed by atoms with Gasteiger partial charge in [0.05, 0.1) is 0 Å². The third-order valence-electron chi connectivity index (χ3n) is 2.81. The van der Waals surface area contributed by atoms with E-state index in [1.54, 1.807) is 6.20 Å². The van der Waals surface area contributed by atoms with Crippen LogP contribution in [0.25, 0.3) is 0 Å². The monoisotopic (exact) mass is 320 g/mol. The fraction of sp³-hybridized carbons (Fsp3) is 0.583. The molecule has 96 valence electrons. The molecule has 1 saturated heterocycles. The van der Waals surface area contributed by atoms with Gasteiger partial charge in [0.2, 0.25) is 5.88 Å². The van der Waals surface area contributed by atoms with E-state index in [0.29, 0.717) is 5.88 Å². The first-order valence-electron chi connectivity index (χ1n) is 5.81. The third-order valence-corrected chi connectivity index (χ3v) is 3.28. The zero-order valence-electron chi connectivity index (χ0n) is 9.77. The van der Waals surface area contributed by atoms with Crippen molar-refractivity contribution in [1.82, 2.24) is 9.88 Å². The smallest absolute Gasteiger partial charge is 0.213 e.